The Labute approximate surface area is 111 Å². The van der Waals surface area contributed by atoms with Gasteiger partial charge < -0.3 is 15.2 Å². The van der Waals surface area contributed by atoms with Crippen LogP contribution in [-0.2, 0) is 4.74 Å². The molecule has 0 amide bonds. The highest BCUT2D eigenvalue weighted by molar-refractivity contribution is 5.64. The van der Waals surface area contributed by atoms with Crippen molar-refractivity contribution in [3.8, 4) is 5.75 Å². The number of anilines is 1. The molecule has 1 aliphatic carbocycles. The third kappa shape index (κ3) is 3.35. The number of phenols is 1. The molecule has 19 heavy (non-hydrogen) atoms. The molecule has 1 aromatic rings. The average molecular weight is 266 g/mol. The number of nitro benzene ring substituents is 1. The number of benzene rings is 1. The molecule has 0 bridgehead atoms. The molecule has 2 N–H and O–H groups in total. The van der Waals surface area contributed by atoms with Crippen molar-refractivity contribution in [3.05, 3.63) is 28.3 Å². The molecule has 1 aromatic carbocycles. The highest BCUT2D eigenvalue weighted by atomic mass is 16.6. The molecule has 0 aromatic heterocycles. The van der Waals surface area contributed by atoms with Crippen molar-refractivity contribution in [3.63, 3.8) is 0 Å². The number of ether oxygens (including phenoxy) is 1. The lowest BCUT2D eigenvalue weighted by Gasteiger charge is -2.29. The van der Waals surface area contributed by atoms with E-state index in [2.05, 4.69) is 5.32 Å². The lowest BCUT2D eigenvalue weighted by molar-refractivity contribution is -0.384. The molecule has 2 unspecified atom stereocenters. The van der Waals surface area contributed by atoms with E-state index in [9.17, 15) is 15.2 Å². The molecular formula is C13H18N2O4. The molecule has 2 atom stereocenters. The van der Waals surface area contributed by atoms with Crippen LogP contribution in [0.3, 0.4) is 0 Å². The fourth-order valence-corrected chi connectivity index (χ4v) is 2.50. The minimum Gasteiger partial charge on any atom is -0.508 e. The number of hydrogen-bond donors (Lipinski definition) is 2. The molecule has 0 spiro atoms. The first-order valence-corrected chi connectivity index (χ1v) is 6.37. The van der Waals surface area contributed by atoms with Crippen LogP contribution in [0, 0.1) is 10.1 Å². The van der Waals surface area contributed by atoms with Crippen molar-refractivity contribution < 1.29 is 14.8 Å². The second-order valence-corrected chi connectivity index (χ2v) is 4.82. The number of phenolic OH excluding ortho intramolecular Hbond substituents is 1. The zero-order chi connectivity index (χ0) is 13.8. The molecule has 0 heterocycles. The van der Waals surface area contributed by atoms with Gasteiger partial charge in [-0.25, -0.2) is 0 Å². The van der Waals surface area contributed by atoms with E-state index in [-0.39, 0.29) is 23.6 Å². The number of hydrogen-bond acceptors (Lipinski definition) is 5. The van der Waals surface area contributed by atoms with Crippen molar-refractivity contribution in [1.29, 1.82) is 0 Å². The maximum atomic E-state index is 11.0. The molecule has 6 nitrogen and oxygen atoms in total. The summed E-state index contributed by atoms with van der Waals surface area (Å²) in [6.07, 6.45) is 4.10. The second-order valence-electron chi connectivity index (χ2n) is 4.82. The number of rotatable bonds is 4. The summed E-state index contributed by atoms with van der Waals surface area (Å²) in [5, 5.41) is 23.5. The average Bonchev–Trinajstić information content (AvgIpc) is 2.41. The number of aromatic hydroxyl groups is 1. The SMILES string of the molecule is COC1CCCC(Nc2ccc(O)cc2[N+](=O)[O-])C1. The van der Waals surface area contributed by atoms with Gasteiger partial charge in [-0.2, -0.15) is 0 Å². The molecule has 1 fully saturated rings. The van der Waals surface area contributed by atoms with Crippen molar-refractivity contribution in [1.82, 2.24) is 0 Å². The molecule has 6 heteroatoms. The summed E-state index contributed by atoms with van der Waals surface area (Å²) in [4.78, 5) is 10.5. The maximum Gasteiger partial charge on any atom is 0.296 e. The highest BCUT2D eigenvalue weighted by Gasteiger charge is 2.24. The van der Waals surface area contributed by atoms with Gasteiger partial charge in [-0.05, 0) is 37.8 Å². The largest absolute Gasteiger partial charge is 0.508 e. The normalized spacial score (nSPS) is 23.0. The van der Waals surface area contributed by atoms with Gasteiger partial charge in [0.15, 0.2) is 0 Å². The van der Waals surface area contributed by atoms with Crippen LogP contribution in [0.5, 0.6) is 5.75 Å². The first-order chi connectivity index (χ1) is 9.10. The smallest absolute Gasteiger partial charge is 0.296 e. The standard InChI is InChI=1S/C13H18N2O4/c1-19-11-4-2-3-9(7-11)14-12-6-5-10(16)8-13(12)15(17)18/h5-6,8-9,11,14,16H,2-4,7H2,1H3. The fourth-order valence-electron chi connectivity index (χ4n) is 2.50. The molecule has 104 valence electrons. The van der Waals surface area contributed by atoms with Gasteiger partial charge in [0.1, 0.15) is 11.4 Å². The van der Waals surface area contributed by atoms with Crippen LogP contribution in [0.4, 0.5) is 11.4 Å². The van der Waals surface area contributed by atoms with Gasteiger partial charge in [0.25, 0.3) is 5.69 Å². The first-order valence-electron chi connectivity index (χ1n) is 6.37. The van der Waals surface area contributed by atoms with Crippen molar-refractivity contribution in [2.45, 2.75) is 37.8 Å². The summed E-state index contributed by atoms with van der Waals surface area (Å²) in [5.41, 5.74) is 0.351. The van der Waals surface area contributed by atoms with Gasteiger partial charge in [0, 0.05) is 13.2 Å². The van der Waals surface area contributed by atoms with Gasteiger partial charge in [-0.1, -0.05) is 0 Å². The molecule has 1 saturated carbocycles. The van der Waals surface area contributed by atoms with E-state index in [4.69, 9.17) is 4.74 Å². The number of nitro groups is 1. The third-order valence-electron chi connectivity index (χ3n) is 3.50. The van der Waals surface area contributed by atoms with Crippen LogP contribution in [0.2, 0.25) is 0 Å². The molecule has 0 radical (unpaired) electrons. The summed E-state index contributed by atoms with van der Waals surface area (Å²) in [6, 6.07) is 4.33. The highest BCUT2D eigenvalue weighted by Crippen LogP contribution is 2.31. The van der Waals surface area contributed by atoms with E-state index in [0.717, 1.165) is 25.7 Å². The quantitative estimate of drug-likeness (QED) is 0.497. The maximum absolute atomic E-state index is 11.0. The summed E-state index contributed by atoms with van der Waals surface area (Å²) in [5.74, 6) is -0.101. The molecule has 1 aliphatic rings. The predicted molar refractivity (Wildman–Crippen MR) is 71.4 cm³/mol. The molecular weight excluding hydrogens is 248 g/mol. The first kappa shape index (κ1) is 13.6. The van der Waals surface area contributed by atoms with Gasteiger partial charge in [-0.15, -0.1) is 0 Å². The van der Waals surface area contributed by atoms with Crippen LogP contribution in [0.15, 0.2) is 18.2 Å². The molecule has 2 rings (SSSR count). The third-order valence-corrected chi connectivity index (χ3v) is 3.50. The Morgan fingerprint density at radius 3 is 2.95 bits per heavy atom. The minimum atomic E-state index is -0.487. The lowest BCUT2D eigenvalue weighted by Crippen LogP contribution is -2.31. The van der Waals surface area contributed by atoms with E-state index in [1.165, 1.54) is 12.1 Å². The van der Waals surface area contributed by atoms with Crippen LogP contribution in [0.1, 0.15) is 25.7 Å². The Morgan fingerprint density at radius 1 is 1.47 bits per heavy atom. The van der Waals surface area contributed by atoms with E-state index in [1.54, 1.807) is 13.2 Å². The fraction of sp³-hybridized carbons (Fsp3) is 0.538. The van der Waals surface area contributed by atoms with Crippen LogP contribution >= 0.6 is 0 Å². The Morgan fingerprint density at radius 2 is 2.26 bits per heavy atom. The lowest BCUT2D eigenvalue weighted by atomic mass is 9.92. The predicted octanol–water partition coefficient (Wildman–Crippen LogP) is 2.67. The van der Waals surface area contributed by atoms with E-state index < -0.39 is 4.92 Å². The monoisotopic (exact) mass is 266 g/mol. The zero-order valence-corrected chi connectivity index (χ0v) is 10.8. The Hall–Kier alpha value is -1.82. The minimum absolute atomic E-state index is 0.0976. The summed E-state index contributed by atoms with van der Waals surface area (Å²) in [7, 11) is 1.69. The Balaban J connectivity index is 2.12. The van der Waals surface area contributed by atoms with Crippen molar-refractivity contribution in [2.75, 3.05) is 12.4 Å². The Bertz CT molecular complexity index is 464. The van der Waals surface area contributed by atoms with Gasteiger partial charge in [0.2, 0.25) is 0 Å². The van der Waals surface area contributed by atoms with E-state index in [0.29, 0.717) is 5.69 Å². The van der Waals surface area contributed by atoms with Crippen LogP contribution in [-0.4, -0.2) is 29.3 Å². The summed E-state index contributed by atoms with van der Waals surface area (Å²) in [6.45, 7) is 0. The zero-order valence-electron chi connectivity index (χ0n) is 10.8. The summed E-state index contributed by atoms with van der Waals surface area (Å²) >= 11 is 0. The van der Waals surface area contributed by atoms with E-state index in [1.807, 2.05) is 0 Å². The topological polar surface area (TPSA) is 84.6 Å². The molecule has 0 aliphatic heterocycles. The molecule has 0 saturated heterocycles. The number of methoxy groups -OCH3 is 1. The second kappa shape index (κ2) is 5.88. The number of nitrogens with zero attached hydrogens (tertiary/aromatic N) is 1. The number of nitrogens with one attached hydrogen (secondary N) is 1. The van der Waals surface area contributed by atoms with Gasteiger partial charge in [-0.3, -0.25) is 10.1 Å². The van der Waals surface area contributed by atoms with Gasteiger partial charge in [0.05, 0.1) is 17.1 Å². The Kier molecular flexibility index (Phi) is 4.21. The van der Waals surface area contributed by atoms with Crippen LogP contribution < -0.4 is 5.32 Å². The van der Waals surface area contributed by atoms with Gasteiger partial charge >= 0.3 is 0 Å². The van der Waals surface area contributed by atoms with Crippen molar-refractivity contribution in [2.24, 2.45) is 0 Å². The van der Waals surface area contributed by atoms with Crippen LogP contribution in [0.25, 0.3) is 0 Å². The van der Waals surface area contributed by atoms with Crippen molar-refractivity contribution >= 4 is 11.4 Å². The summed E-state index contributed by atoms with van der Waals surface area (Å²) < 4.78 is 5.34. The van der Waals surface area contributed by atoms with E-state index >= 15 is 0 Å².